The van der Waals surface area contributed by atoms with E-state index < -0.39 is 6.43 Å². The Hall–Kier alpha value is -1.16. The highest BCUT2D eigenvalue weighted by Gasteiger charge is 2.35. The standard InChI is InChI=1S/C13H17F2NO/c14-12(15)10-7-9(3-4-11(10)17)13(8-16)5-1-2-6-13/h3-4,7,12,17H,1-2,5-6,8,16H2. The van der Waals surface area contributed by atoms with Crippen LogP contribution in [0.1, 0.15) is 43.2 Å². The summed E-state index contributed by atoms with van der Waals surface area (Å²) in [5.41, 5.74) is 6.19. The van der Waals surface area contributed by atoms with Gasteiger partial charge in [0.15, 0.2) is 0 Å². The van der Waals surface area contributed by atoms with E-state index in [1.807, 2.05) is 0 Å². The quantitative estimate of drug-likeness (QED) is 0.854. The Bertz CT molecular complexity index is 400. The molecule has 0 saturated heterocycles. The molecule has 0 aromatic heterocycles. The first kappa shape index (κ1) is 12.3. The summed E-state index contributed by atoms with van der Waals surface area (Å²) < 4.78 is 25.5. The summed E-state index contributed by atoms with van der Waals surface area (Å²) in [7, 11) is 0. The van der Waals surface area contributed by atoms with Gasteiger partial charge in [0, 0.05) is 12.0 Å². The molecule has 1 fully saturated rings. The van der Waals surface area contributed by atoms with Crippen molar-refractivity contribution >= 4 is 0 Å². The Labute approximate surface area is 99.4 Å². The van der Waals surface area contributed by atoms with E-state index in [0.717, 1.165) is 31.2 Å². The fourth-order valence-electron chi connectivity index (χ4n) is 2.72. The molecule has 2 rings (SSSR count). The van der Waals surface area contributed by atoms with Crippen LogP contribution in [0, 0.1) is 0 Å². The molecule has 0 amide bonds. The fraction of sp³-hybridized carbons (Fsp3) is 0.538. The van der Waals surface area contributed by atoms with Crippen LogP contribution in [0.15, 0.2) is 18.2 Å². The van der Waals surface area contributed by atoms with Gasteiger partial charge >= 0.3 is 0 Å². The molecule has 0 aliphatic heterocycles. The third-order valence-electron chi connectivity index (χ3n) is 3.83. The van der Waals surface area contributed by atoms with E-state index in [2.05, 4.69) is 0 Å². The summed E-state index contributed by atoms with van der Waals surface area (Å²) in [6.07, 6.45) is 1.41. The van der Waals surface area contributed by atoms with E-state index in [4.69, 9.17) is 5.73 Å². The topological polar surface area (TPSA) is 46.2 Å². The van der Waals surface area contributed by atoms with Gasteiger partial charge in [0.2, 0.25) is 0 Å². The predicted molar refractivity (Wildman–Crippen MR) is 62.3 cm³/mol. The van der Waals surface area contributed by atoms with Crippen molar-refractivity contribution in [1.82, 2.24) is 0 Å². The SMILES string of the molecule is NCC1(c2ccc(O)c(C(F)F)c2)CCCC1. The molecule has 0 radical (unpaired) electrons. The molecular formula is C13H17F2NO. The normalized spacial score (nSPS) is 18.8. The second-order valence-electron chi connectivity index (χ2n) is 4.77. The molecule has 17 heavy (non-hydrogen) atoms. The number of alkyl halides is 2. The molecule has 2 nitrogen and oxygen atoms in total. The van der Waals surface area contributed by atoms with E-state index in [-0.39, 0.29) is 16.7 Å². The molecule has 0 atom stereocenters. The average molecular weight is 241 g/mol. The van der Waals surface area contributed by atoms with Gasteiger partial charge in [0.25, 0.3) is 6.43 Å². The van der Waals surface area contributed by atoms with E-state index in [9.17, 15) is 13.9 Å². The maximum absolute atomic E-state index is 12.7. The van der Waals surface area contributed by atoms with E-state index in [1.54, 1.807) is 6.07 Å². The molecular weight excluding hydrogens is 224 g/mol. The van der Waals surface area contributed by atoms with Crippen molar-refractivity contribution in [2.45, 2.75) is 37.5 Å². The summed E-state index contributed by atoms with van der Waals surface area (Å²) in [4.78, 5) is 0. The summed E-state index contributed by atoms with van der Waals surface area (Å²) in [6, 6.07) is 4.49. The van der Waals surface area contributed by atoms with E-state index in [0.29, 0.717) is 6.54 Å². The van der Waals surface area contributed by atoms with Gasteiger partial charge in [-0.15, -0.1) is 0 Å². The molecule has 3 N–H and O–H groups in total. The lowest BCUT2D eigenvalue weighted by Gasteiger charge is -2.28. The van der Waals surface area contributed by atoms with Gasteiger partial charge in [-0.2, -0.15) is 0 Å². The highest BCUT2D eigenvalue weighted by atomic mass is 19.3. The summed E-state index contributed by atoms with van der Waals surface area (Å²) in [5.74, 6) is -0.339. The molecule has 1 aliphatic carbocycles. The van der Waals surface area contributed by atoms with Crippen LogP contribution >= 0.6 is 0 Å². The smallest absolute Gasteiger partial charge is 0.267 e. The summed E-state index contributed by atoms with van der Waals surface area (Å²) in [5, 5.41) is 9.39. The van der Waals surface area contributed by atoms with Gasteiger partial charge < -0.3 is 10.8 Å². The first-order valence-electron chi connectivity index (χ1n) is 5.91. The molecule has 1 saturated carbocycles. The Kier molecular flexibility index (Phi) is 3.33. The number of rotatable bonds is 3. The fourth-order valence-corrected chi connectivity index (χ4v) is 2.72. The number of benzene rings is 1. The van der Waals surface area contributed by atoms with Gasteiger partial charge in [0.1, 0.15) is 5.75 Å². The molecule has 1 aromatic carbocycles. The van der Waals surface area contributed by atoms with Crippen LogP contribution in [0.3, 0.4) is 0 Å². The Morgan fingerprint density at radius 2 is 1.94 bits per heavy atom. The third-order valence-corrected chi connectivity index (χ3v) is 3.83. The number of halogens is 2. The van der Waals surface area contributed by atoms with Crippen LogP contribution in [-0.4, -0.2) is 11.7 Å². The summed E-state index contributed by atoms with van der Waals surface area (Å²) >= 11 is 0. The number of hydrogen-bond donors (Lipinski definition) is 2. The summed E-state index contributed by atoms with van der Waals surface area (Å²) in [6.45, 7) is 0.473. The van der Waals surface area contributed by atoms with Gasteiger partial charge in [-0.05, 0) is 30.5 Å². The van der Waals surface area contributed by atoms with Crippen molar-refractivity contribution < 1.29 is 13.9 Å². The van der Waals surface area contributed by atoms with Crippen molar-refractivity contribution in [3.63, 3.8) is 0 Å². The van der Waals surface area contributed by atoms with Crippen LogP contribution < -0.4 is 5.73 Å². The number of phenolic OH excluding ortho intramolecular Hbond substituents is 1. The number of aromatic hydroxyl groups is 1. The first-order chi connectivity index (χ1) is 8.09. The monoisotopic (exact) mass is 241 g/mol. The van der Waals surface area contributed by atoms with Crippen molar-refractivity contribution in [1.29, 1.82) is 0 Å². The minimum Gasteiger partial charge on any atom is -0.507 e. The Balaban J connectivity index is 2.41. The zero-order chi connectivity index (χ0) is 12.5. The van der Waals surface area contributed by atoms with Crippen LogP contribution in [0.2, 0.25) is 0 Å². The minimum atomic E-state index is -2.65. The molecule has 94 valence electrons. The lowest BCUT2D eigenvalue weighted by molar-refractivity contribution is 0.147. The maximum Gasteiger partial charge on any atom is 0.267 e. The number of phenols is 1. The Morgan fingerprint density at radius 1 is 1.29 bits per heavy atom. The highest BCUT2D eigenvalue weighted by Crippen LogP contribution is 2.42. The predicted octanol–water partition coefficient (Wildman–Crippen LogP) is 3.10. The lowest BCUT2D eigenvalue weighted by Crippen LogP contribution is -2.32. The molecule has 1 aromatic rings. The highest BCUT2D eigenvalue weighted by molar-refractivity contribution is 5.40. The van der Waals surface area contributed by atoms with Crippen LogP contribution in [0.25, 0.3) is 0 Å². The van der Waals surface area contributed by atoms with Crippen molar-refractivity contribution in [3.05, 3.63) is 29.3 Å². The minimum absolute atomic E-state index is 0.169. The van der Waals surface area contributed by atoms with E-state index in [1.165, 1.54) is 12.1 Å². The van der Waals surface area contributed by atoms with E-state index >= 15 is 0 Å². The number of hydrogen-bond acceptors (Lipinski definition) is 2. The van der Waals surface area contributed by atoms with Crippen molar-refractivity contribution in [3.8, 4) is 5.75 Å². The largest absolute Gasteiger partial charge is 0.507 e. The molecule has 0 bridgehead atoms. The average Bonchev–Trinajstić information content (AvgIpc) is 2.79. The Morgan fingerprint density at radius 3 is 2.47 bits per heavy atom. The van der Waals surface area contributed by atoms with Gasteiger partial charge in [-0.3, -0.25) is 0 Å². The maximum atomic E-state index is 12.7. The molecule has 0 spiro atoms. The van der Waals surface area contributed by atoms with Crippen LogP contribution in [0.5, 0.6) is 5.75 Å². The van der Waals surface area contributed by atoms with Gasteiger partial charge in [0.05, 0.1) is 5.56 Å². The van der Waals surface area contributed by atoms with Crippen LogP contribution in [0.4, 0.5) is 8.78 Å². The zero-order valence-corrected chi connectivity index (χ0v) is 9.63. The first-order valence-corrected chi connectivity index (χ1v) is 5.91. The zero-order valence-electron chi connectivity index (χ0n) is 9.63. The lowest BCUT2D eigenvalue weighted by atomic mass is 9.78. The van der Waals surface area contributed by atoms with Crippen molar-refractivity contribution in [2.75, 3.05) is 6.54 Å². The van der Waals surface area contributed by atoms with Gasteiger partial charge in [-0.1, -0.05) is 18.9 Å². The second kappa shape index (κ2) is 4.61. The van der Waals surface area contributed by atoms with Crippen molar-refractivity contribution in [2.24, 2.45) is 5.73 Å². The molecule has 0 unspecified atom stereocenters. The van der Waals surface area contributed by atoms with Gasteiger partial charge in [-0.25, -0.2) is 8.78 Å². The number of nitrogens with two attached hydrogens (primary N) is 1. The molecule has 4 heteroatoms. The second-order valence-corrected chi connectivity index (χ2v) is 4.77. The van der Waals surface area contributed by atoms with Crippen LogP contribution in [-0.2, 0) is 5.41 Å². The third kappa shape index (κ3) is 2.14. The molecule has 1 aliphatic rings. The molecule has 0 heterocycles.